The fourth-order valence-electron chi connectivity index (χ4n) is 6.19. The molecule has 200 valence electrons. The predicted octanol–water partition coefficient (Wildman–Crippen LogP) is 7.52. The smallest absolute Gasteiger partial charge is 0.206 e. The molecule has 38 heavy (non-hydrogen) atoms. The van der Waals surface area contributed by atoms with E-state index in [0.717, 1.165) is 21.5 Å². The van der Waals surface area contributed by atoms with Gasteiger partial charge in [-0.1, -0.05) is 90.1 Å². The SMILES string of the molecule is CC(C)c1cc2ccccc2c2c1S(=O)(=O)NS(=O)(=O)c1c(C(C)C)cc3ccccc3c1C(C)CC2C. The molecule has 0 aliphatic carbocycles. The first kappa shape index (κ1) is 26.9. The Hall–Kier alpha value is -2.74. The third-order valence-corrected chi connectivity index (χ3v) is 11.6. The summed E-state index contributed by atoms with van der Waals surface area (Å²) in [6.07, 6.45) is 0.599. The minimum absolute atomic E-state index is 0.102. The highest BCUT2D eigenvalue weighted by Gasteiger charge is 2.38. The number of fused-ring (bicyclic) bond motifs is 6. The van der Waals surface area contributed by atoms with Gasteiger partial charge in [-0.15, -0.1) is 4.13 Å². The maximum absolute atomic E-state index is 14.2. The van der Waals surface area contributed by atoms with Crippen molar-refractivity contribution in [3.8, 4) is 0 Å². The van der Waals surface area contributed by atoms with Gasteiger partial charge >= 0.3 is 0 Å². The van der Waals surface area contributed by atoms with Crippen LogP contribution in [0.4, 0.5) is 0 Å². The van der Waals surface area contributed by atoms with Crippen molar-refractivity contribution in [3.63, 3.8) is 0 Å². The van der Waals surface area contributed by atoms with E-state index < -0.39 is 20.0 Å². The second-order valence-corrected chi connectivity index (χ2v) is 14.8. The highest BCUT2D eigenvalue weighted by atomic mass is 32.3. The predicted molar refractivity (Wildman–Crippen MR) is 155 cm³/mol. The topological polar surface area (TPSA) is 80.3 Å². The van der Waals surface area contributed by atoms with Gasteiger partial charge in [-0.25, -0.2) is 16.8 Å². The number of rotatable bonds is 2. The Kier molecular flexibility index (Phi) is 6.69. The lowest BCUT2D eigenvalue weighted by Gasteiger charge is -2.30. The number of benzene rings is 4. The summed E-state index contributed by atoms with van der Waals surface area (Å²) in [6.45, 7) is 11.9. The third kappa shape index (κ3) is 4.34. The first-order valence-electron chi connectivity index (χ1n) is 13.2. The van der Waals surface area contributed by atoms with E-state index >= 15 is 0 Å². The van der Waals surface area contributed by atoms with Crippen molar-refractivity contribution < 1.29 is 16.8 Å². The summed E-state index contributed by atoms with van der Waals surface area (Å²) in [7, 11) is -8.89. The molecule has 5 nitrogen and oxygen atoms in total. The van der Waals surface area contributed by atoms with E-state index in [9.17, 15) is 16.8 Å². The van der Waals surface area contributed by atoms with Gasteiger partial charge in [0.25, 0.3) is 20.0 Å². The summed E-state index contributed by atoms with van der Waals surface area (Å²) in [5, 5.41) is 3.60. The van der Waals surface area contributed by atoms with E-state index in [1.807, 2.05) is 88.4 Å². The van der Waals surface area contributed by atoms with Crippen LogP contribution >= 0.6 is 0 Å². The van der Waals surface area contributed by atoms with Gasteiger partial charge in [0.15, 0.2) is 0 Å². The summed E-state index contributed by atoms with van der Waals surface area (Å²) in [5.41, 5.74) is 2.64. The molecular formula is C31H35NO4S2. The van der Waals surface area contributed by atoms with Crippen LogP contribution in [0.15, 0.2) is 70.5 Å². The van der Waals surface area contributed by atoms with Crippen LogP contribution in [0.3, 0.4) is 0 Å². The van der Waals surface area contributed by atoms with Gasteiger partial charge in [0, 0.05) is 0 Å². The third-order valence-electron chi connectivity index (χ3n) is 7.83. The molecule has 1 aliphatic rings. The summed E-state index contributed by atoms with van der Waals surface area (Å²) >= 11 is 0. The molecule has 7 heteroatoms. The molecule has 1 N–H and O–H groups in total. The quantitative estimate of drug-likeness (QED) is 0.280. The minimum Gasteiger partial charge on any atom is -0.206 e. The Morgan fingerprint density at radius 1 is 0.658 bits per heavy atom. The van der Waals surface area contributed by atoms with E-state index in [0.29, 0.717) is 28.7 Å². The van der Waals surface area contributed by atoms with Crippen LogP contribution in [0.2, 0.25) is 0 Å². The van der Waals surface area contributed by atoms with Crippen LogP contribution in [-0.2, 0) is 20.0 Å². The van der Waals surface area contributed by atoms with Gasteiger partial charge in [0.05, 0.1) is 9.79 Å². The molecule has 0 spiro atoms. The van der Waals surface area contributed by atoms with Crippen LogP contribution < -0.4 is 4.13 Å². The zero-order chi connectivity index (χ0) is 27.6. The van der Waals surface area contributed by atoms with Gasteiger partial charge in [0.2, 0.25) is 0 Å². The number of hydrogen-bond acceptors (Lipinski definition) is 4. The van der Waals surface area contributed by atoms with Crippen LogP contribution in [0.25, 0.3) is 21.5 Å². The summed E-state index contributed by atoms with van der Waals surface area (Å²) < 4.78 is 59.0. The van der Waals surface area contributed by atoms with Crippen LogP contribution in [0.5, 0.6) is 0 Å². The van der Waals surface area contributed by atoms with Crippen molar-refractivity contribution in [1.29, 1.82) is 0 Å². The van der Waals surface area contributed by atoms with E-state index in [2.05, 4.69) is 18.0 Å². The first-order chi connectivity index (χ1) is 17.8. The molecule has 0 saturated heterocycles. The molecule has 4 aromatic rings. The normalized spacial score (nSPS) is 20.9. The highest BCUT2D eigenvalue weighted by Crippen LogP contribution is 2.46. The van der Waals surface area contributed by atoms with Gasteiger partial charge in [-0.3, -0.25) is 0 Å². The Bertz CT molecular complexity index is 1660. The molecule has 0 aromatic heterocycles. The maximum atomic E-state index is 14.2. The molecule has 2 unspecified atom stereocenters. The van der Waals surface area contributed by atoms with Crippen molar-refractivity contribution in [2.24, 2.45) is 0 Å². The minimum atomic E-state index is -4.44. The molecule has 0 amide bonds. The molecule has 4 aromatic carbocycles. The summed E-state index contributed by atoms with van der Waals surface area (Å²) in [6, 6.07) is 19.4. The monoisotopic (exact) mass is 549 g/mol. The Labute approximate surface area is 226 Å². The molecule has 2 atom stereocenters. The average molecular weight is 550 g/mol. The Morgan fingerprint density at radius 3 is 1.39 bits per heavy atom. The number of nitrogens with one attached hydrogen (secondary N) is 1. The lowest BCUT2D eigenvalue weighted by Crippen LogP contribution is -2.35. The van der Waals surface area contributed by atoms with Crippen molar-refractivity contribution in [2.75, 3.05) is 0 Å². The van der Waals surface area contributed by atoms with Crippen molar-refractivity contribution in [2.45, 2.75) is 81.4 Å². The van der Waals surface area contributed by atoms with Gasteiger partial charge in [-0.05, 0) is 86.0 Å². The molecule has 0 fully saturated rings. The van der Waals surface area contributed by atoms with E-state index in [1.54, 1.807) is 0 Å². The zero-order valence-electron chi connectivity index (χ0n) is 22.7. The maximum Gasteiger partial charge on any atom is 0.254 e. The van der Waals surface area contributed by atoms with Gasteiger partial charge < -0.3 is 0 Å². The van der Waals surface area contributed by atoms with Crippen molar-refractivity contribution >= 4 is 41.6 Å². The van der Waals surface area contributed by atoms with E-state index in [1.165, 1.54) is 0 Å². The molecule has 1 heterocycles. The summed E-state index contributed by atoms with van der Waals surface area (Å²) in [5.74, 6) is -0.532. The van der Waals surface area contributed by atoms with Gasteiger partial charge in [0.1, 0.15) is 0 Å². The Balaban J connectivity index is 1.93. The second kappa shape index (κ2) is 9.47. The van der Waals surface area contributed by atoms with Crippen LogP contribution in [0.1, 0.15) is 93.9 Å². The summed E-state index contributed by atoms with van der Waals surface area (Å²) in [4.78, 5) is 0.203. The molecule has 1 aliphatic heterocycles. The Morgan fingerprint density at radius 2 is 1.03 bits per heavy atom. The van der Waals surface area contributed by atoms with Crippen LogP contribution in [-0.4, -0.2) is 16.8 Å². The van der Waals surface area contributed by atoms with Crippen molar-refractivity contribution in [1.82, 2.24) is 4.13 Å². The van der Waals surface area contributed by atoms with Crippen LogP contribution in [0, 0.1) is 0 Å². The molecule has 5 rings (SSSR count). The van der Waals surface area contributed by atoms with E-state index in [-0.39, 0.29) is 33.5 Å². The lowest BCUT2D eigenvalue weighted by molar-refractivity contribution is 0.551. The molecule has 0 bridgehead atoms. The molecule has 0 radical (unpaired) electrons. The molecular weight excluding hydrogens is 514 g/mol. The lowest BCUT2D eigenvalue weighted by atomic mass is 9.81. The number of hydrogen-bond donors (Lipinski definition) is 1. The first-order valence-corrected chi connectivity index (χ1v) is 16.2. The van der Waals surface area contributed by atoms with Crippen molar-refractivity contribution in [3.05, 3.63) is 82.9 Å². The van der Waals surface area contributed by atoms with Gasteiger partial charge in [-0.2, -0.15) is 0 Å². The number of sulfonamides is 2. The second-order valence-electron chi connectivity index (χ2n) is 11.3. The average Bonchev–Trinajstić information content (AvgIpc) is 2.84. The zero-order valence-corrected chi connectivity index (χ0v) is 24.4. The van der Waals surface area contributed by atoms with E-state index in [4.69, 9.17) is 0 Å². The molecule has 0 saturated carbocycles. The fourth-order valence-corrected chi connectivity index (χ4v) is 10.4. The standard InChI is InChI=1S/C31H35NO4S2/c1-18(2)26-16-22-11-7-9-13-24(22)28-20(5)15-21(6)29-25-14-10-8-12-23(25)17-27(19(3)4)31(29)38(35,36)32-37(33,34)30(26)28/h7-14,16-21,32H,15H2,1-6H3. The largest absolute Gasteiger partial charge is 0.254 e. The highest BCUT2D eigenvalue weighted by molar-refractivity contribution is 8.04. The fraction of sp³-hybridized carbons (Fsp3) is 0.355.